The van der Waals surface area contributed by atoms with Crippen molar-refractivity contribution in [3.8, 4) is 6.07 Å². The first kappa shape index (κ1) is 20.6. The number of carbonyl (C=O) groups is 2. The number of nitriles is 1. The van der Waals surface area contributed by atoms with Crippen LogP contribution < -0.4 is 0 Å². The molecule has 1 saturated heterocycles. The molecule has 150 valence electrons. The average molecular weight is 390 g/mol. The lowest BCUT2D eigenvalue weighted by molar-refractivity contribution is -0.131. The minimum absolute atomic E-state index is 0.0167. The van der Waals surface area contributed by atoms with E-state index in [0.29, 0.717) is 24.2 Å². The van der Waals surface area contributed by atoms with Crippen LogP contribution in [0.5, 0.6) is 0 Å². The van der Waals surface area contributed by atoms with Gasteiger partial charge in [0.15, 0.2) is 0 Å². The van der Waals surface area contributed by atoms with Crippen LogP contribution in [0.1, 0.15) is 27.9 Å². The van der Waals surface area contributed by atoms with E-state index in [-0.39, 0.29) is 18.4 Å². The number of hydrogen-bond donors (Lipinski definition) is 0. The third-order valence-electron chi connectivity index (χ3n) is 5.17. The predicted molar refractivity (Wildman–Crippen MR) is 111 cm³/mol. The monoisotopic (exact) mass is 390 g/mol. The van der Waals surface area contributed by atoms with Gasteiger partial charge < -0.3 is 9.80 Å². The molecule has 0 saturated carbocycles. The summed E-state index contributed by atoms with van der Waals surface area (Å²) >= 11 is 0. The molecule has 0 spiro atoms. The van der Waals surface area contributed by atoms with Crippen LogP contribution >= 0.6 is 0 Å². The van der Waals surface area contributed by atoms with Crippen molar-refractivity contribution in [2.75, 3.05) is 39.8 Å². The van der Waals surface area contributed by atoms with Gasteiger partial charge in [-0.25, -0.2) is 0 Å². The summed E-state index contributed by atoms with van der Waals surface area (Å²) in [4.78, 5) is 30.8. The number of rotatable bonds is 5. The lowest BCUT2D eigenvalue weighted by atomic mass is 10.1. The molecule has 1 aliphatic rings. The molecule has 2 aromatic carbocycles. The Hall–Kier alpha value is -3.17. The highest BCUT2D eigenvalue weighted by Crippen LogP contribution is 2.11. The predicted octanol–water partition coefficient (Wildman–Crippen LogP) is 2.36. The highest BCUT2D eigenvalue weighted by Gasteiger charge is 2.22. The summed E-state index contributed by atoms with van der Waals surface area (Å²) in [6, 6.07) is 18.8. The topological polar surface area (TPSA) is 67.7 Å². The van der Waals surface area contributed by atoms with Crippen LogP contribution in [0.2, 0.25) is 0 Å². The molecule has 0 radical (unpaired) electrons. The molecule has 6 heteroatoms. The highest BCUT2D eigenvalue weighted by atomic mass is 16.2. The number of carbonyl (C=O) groups excluding carboxylic acids is 2. The van der Waals surface area contributed by atoms with E-state index in [9.17, 15) is 9.59 Å². The van der Waals surface area contributed by atoms with Crippen molar-refractivity contribution < 1.29 is 9.59 Å². The van der Waals surface area contributed by atoms with Crippen LogP contribution in [0.4, 0.5) is 0 Å². The van der Waals surface area contributed by atoms with Gasteiger partial charge in [0.05, 0.1) is 18.2 Å². The maximum Gasteiger partial charge on any atom is 0.254 e. The second-order valence-corrected chi connectivity index (χ2v) is 7.35. The summed E-state index contributed by atoms with van der Waals surface area (Å²) in [5, 5.41) is 8.91. The van der Waals surface area contributed by atoms with Gasteiger partial charge in [0.2, 0.25) is 5.91 Å². The molecule has 6 nitrogen and oxygen atoms in total. The minimum atomic E-state index is -0.142. The fourth-order valence-electron chi connectivity index (χ4n) is 3.50. The van der Waals surface area contributed by atoms with Crippen LogP contribution in [-0.4, -0.2) is 66.3 Å². The molecule has 2 aromatic rings. The van der Waals surface area contributed by atoms with Crippen LogP contribution in [-0.2, 0) is 11.3 Å². The first-order chi connectivity index (χ1) is 14.1. The molecule has 1 aliphatic heterocycles. The van der Waals surface area contributed by atoms with Crippen molar-refractivity contribution in [3.05, 3.63) is 71.3 Å². The summed E-state index contributed by atoms with van der Waals surface area (Å²) in [7, 11) is 1.67. The summed E-state index contributed by atoms with van der Waals surface area (Å²) < 4.78 is 0. The fraction of sp³-hybridized carbons (Fsp3) is 0.348. The third-order valence-corrected chi connectivity index (χ3v) is 5.17. The molecular weight excluding hydrogens is 364 g/mol. The zero-order valence-corrected chi connectivity index (χ0v) is 16.8. The molecular formula is C23H26N4O2. The van der Waals surface area contributed by atoms with Crippen molar-refractivity contribution in [1.82, 2.24) is 14.7 Å². The van der Waals surface area contributed by atoms with Crippen LogP contribution in [0.15, 0.2) is 54.6 Å². The van der Waals surface area contributed by atoms with Gasteiger partial charge in [0.25, 0.3) is 5.91 Å². The van der Waals surface area contributed by atoms with E-state index in [4.69, 9.17) is 5.26 Å². The van der Waals surface area contributed by atoms with Gasteiger partial charge in [-0.15, -0.1) is 0 Å². The molecule has 3 rings (SSSR count). The Morgan fingerprint density at radius 3 is 2.41 bits per heavy atom. The molecule has 1 heterocycles. The number of likely N-dealkylation sites (N-methyl/N-ethyl adjacent to an activating group) is 1. The summed E-state index contributed by atoms with van der Waals surface area (Å²) in [5.74, 6) is -0.159. The van der Waals surface area contributed by atoms with Crippen molar-refractivity contribution in [2.24, 2.45) is 0 Å². The SMILES string of the molecule is CN(CC(=O)N1CCCN(Cc2ccc(C#N)cc2)CC1)C(=O)c1ccccc1. The molecule has 29 heavy (non-hydrogen) atoms. The van der Waals surface area contributed by atoms with E-state index < -0.39 is 0 Å². The maximum absolute atomic E-state index is 12.7. The summed E-state index contributed by atoms with van der Waals surface area (Å²) in [6.07, 6.45) is 0.901. The van der Waals surface area contributed by atoms with Gasteiger partial charge in [0.1, 0.15) is 0 Å². The van der Waals surface area contributed by atoms with Gasteiger partial charge in [0, 0.05) is 45.3 Å². The van der Waals surface area contributed by atoms with E-state index in [1.807, 2.05) is 47.4 Å². The van der Waals surface area contributed by atoms with Crippen LogP contribution in [0.3, 0.4) is 0 Å². The highest BCUT2D eigenvalue weighted by molar-refractivity contribution is 5.96. The van der Waals surface area contributed by atoms with Crippen molar-refractivity contribution in [2.45, 2.75) is 13.0 Å². The lowest BCUT2D eigenvalue weighted by Gasteiger charge is -2.25. The van der Waals surface area contributed by atoms with Crippen LogP contribution in [0, 0.1) is 11.3 Å². The van der Waals surface area contributed by atoms with Crippen molar-refractivity contribution >= 4 is 11.8 Å². The first-order valence-corrected chi connectivity index (χ1v) is 9.86. The van der Waals surface area contributed by atoms with Crippen molar-refractivity contribution in [1.29, 1.82) is 5.26 Å². The minimum Gasteiger partial charge on any atom is -0.340 e. The second-order valence-electron chi connectivity index (χ2n) is 7.35. The third kappa shape index (κ3) is 5.66. The van der Waals surface area contributed by atoms with E-state index in [1.165, 1.54) is 4.90 Å². The Kier molecular flexibility index (Phi) is 6.99. The largest absolute Gasteiger partial charge is 0.340 e. The van der Waals surface area contributed by atoms with Gasteiger partial charge in [-0.05, 0) is 36.2 Å². The Balaban J connectivity index is 1.51. The summed E-state index contributed by atoms with van der Waals surface area (Å²) in [5.41, 5.74) is 2.42. The molecule has 0 atom stereocenters. The smallest absolute Gasteiger partial charge is 0.254 e. The number of nitrogens with zero attached hydrogens (tertiary/aromatic N) is 4. The average Bonchev–Trinajstić information content (AvgIpc) is 3.00. The van der Waals surface area contributed by atoms with E-state index in [2.05, 4.69) is 11.0 Å². The lowest BCUT2D eigenvalue weighted by Crippen LogP contribution is -2.42. The molecule has 2 amide bonds. The van der Waals surface area contributed by atoms with Gasteiger partial charge in [-0.1, -0.05) is 30.3 Å². The Morgan fingerprint density at radius 1 is 1.00 bits per heavy atom. The molecule has 0 N–H and O–H groups in total. The van der Waals surface area contributed by atoms with E-state index >= 15 is 0 Å². The van der Waals surface area contributed by atoms with E-state index in [0.717, 1.165) is 31.6 Å². The molecule has 0 aromatic heterocycles. The van der Waals surface area contributed by atoms with Gasteiger partial charge >= 0.3 is 0 Å². The van der Waals surface area contributed by atoms with E-state index in [1.54, 1.807) is 19.2 Å². The molecule has 0 aliphatic carbocycles. The van der Waals surface area contributed by atoms with Gasteiger partial charge in [-0.3, -0.25) is 14.5 Å². The molecule has 0 unspecified atom stereocenters. The number of amides is 2. The maximum atomic E-state index is 12.7. The molecule has 0 bridgehead atoms. The Bertz CT molecular complexity index is 874. The zero-order chi connectivity index (χ0) is 20.6. The number of hydrogen-bond acceptors (Lipinski definition) is 4. The molecule has 1 fully saturated rings. The Labute approximate surface area is 171 Å². The summed E-state index contributed by atoms with van der Waals surface area (Å²) in [6.45, 7) is 3.96. The van der Waals surface area contributed by atoms with Crippen molar-refractivity contribution in [3.63, 3.8) is 0 Å². The second kappa shape index (κ2) is 9.85. The van der Waals surface area contributed by atoms with Gasteiger partial charge in [-0.2, -0.15) is 5.26 Å². The Morgan fingerprint density at radius 2 is 1.72 bits per heavy atom. The quantitative estimate of drug-likeness (QED) is 0.786. The normalized spacial score (nSPS) is 14.7. The number of benzene rings is 2. The van der Waals surface area contributed by atoms with Crippen LogP contribution in [0.25, 0.3) is 0 Å². The fourth-order valence-corrected chi connectivity index (χ4v) is 3.50. The first-order valence-electron chi connectivity index (χ1n) is 9.86. The zero-order valence-electron chi connectivity index (χ0n) is 16.8. The standard InChI is InChI=1S/C23H26N4O2/c1-25(23(29)21-6-3-2-4-7-21)18-22(28)27-13-5-12-26(14-15-27)17-20-10-8-19(16-24)9-11-20/h2-4,6-11H,5,12-15,17-18H2,1H3.